The summed E-state index contributed by atoms with van der Waals surface area (Å²) in [5, 5.41) is 6.52. The van der Waals surface area contributed by atoms with E-state index in [0.717, 1.165) is 40.9 Å². The maximum Gasteiger partial charge on any atom is 0.272 e. The van der Waals surface area contributed by atoms with Crippen LogP contribution in [-0.2, 0) is 6.54 Å². The minimum absolute atomic E-state index is 0.156. The largest absolute Gasteiger partial charge is 0.391 e. The molecular weight excluding hydrogens is 384 g/mol. The van der Waals surface area contributed by atoms with Gasteiger partial charge in [0.25, 0.3) is 5.92 Å². The lowest BCUT2D eigenvalue weighted by atomic mass is 10.0. The lowest BCUT2D eigenvalue weighted by Crippen LogP contribution is -2.55. The number of benzene rings is 1. The Hall–Kier alpha value is -2.77. The Morgan fingerprint density at radius 3 is 2.67 bits per heavy atom. The third-order valence-corrected chi connectivity index (χ3v) is 4.87. The lowest BCUT2D eigenvalue weighted by Gasteiger charge is -2.38. The van der Waals surface area contributed by atoms with Gasteiger partial charge in [0.1, 0.15) is 0 Å². The average molecular weight is 414 g/mol. The number of likely N-dealkylation sites (tertiary alicyclic amines) is 1. The molecule has 0 unspecified atom stereocenters. The van der Waals surface area contributed by atoms with E-state index in [1.807, 2.05) is 55.0 Å². The molecule has 1 fully saturated rings. The quantitative estimate of drug-likeness (QED) is 0.516. The molecule has 1 aliphatic rings. The molecular formula is C23H29F2N5. The Morgan fingerprint density at radius 2 is 2.00 bits per heavy atom. The minimum atomic E-state index is -2.53. The summed E-state index contributed by atoms with van der Waals surface area (Å²) in [6, 6.07) is 9.76. The summed E-state index contributed by atoms with van der Waals surface area (Å²) in [5.74, 6) is -2.53. The van der Waals surface area contributed by atoms with Gasteiger partial charge >= 0.3 is 0 Å². The van der Waals surface area contributed by atoms with Crippen LogP contribution in [0, 0.1) is 0 Å². The van der Waals surface area contributed by atoms with E-state index in [1.165, 1.54) is 0 Å². The molecule has 30 heavy (non-hydrogen) atoms. The number of anilines is 1. The Morgan fingerprint density at radius 1 is 1.23 bits per heavy atom. The fraction of sp³-hybridized carbons (Fsp3) is 0.348. The number of nitrogens with two attached hydrogens (primary N) is 1. The van der Waals surface area contributed by atoms with Crippen molar-refractivity contribution in [1.29, 1.82) is 0 Å². The molecule has 5 nitrogen and oxygen atoms in total. The summed E-state index contributed by atoms with van der Waals surface area (Å²) in [4.78, 5) is 5.96. The van der Waals surface area contributed by atoms with E-state index < -0.39 is 5.92 Å². The smallest absolute Gasteiger partial charge is 0.272 e. The molecule has 7 heteroatoms. The van der Waals surface area contributed by atoms with Gasteiger partial charge in [-0.25, -0.2) is 8.78 Å². The fourth-order valence-electron chi connectivity index (χ4n) is 3.33. The number of halogens is 2. The van der Waals surface area contributed by atoms with E-state index in [2.05, 4.69) is 22.5 Å². The number of hydrogen-bond acceptors (Lipinski definition) is 5. The lowest BCUT2D eigenvalue weighted by molar-refractivity contribution is -0.133. The van der Waals surface area contributed by atoms with Crippen LogP contribution in [-0.4, -0.2) is 42.0 Å². The molecule has 1 aliphatic heterocycles. The van der Waals surface area contributed by atoms with Crippen LogP contribution in [0.5, 0.6) is 0 Å². The molecule has 0 bridgehead atoms. The second-order valence-corrected chi connectivity index (χ2v) is 7.47. The molecule has 0 aliphatic carbocycles. The van der Waals surface area contributed by atoms with Gasteiger partial charge in [-0.15, -0.1) is 0 Å². The predicted octanol–water partition coefficient (Wildman–Crippen LogP) is 3.91. The zero-order valence-electron chi connectivity index (χ0n) is 17.2. The first-order valence-electron chi connectivity index (χ1n) is 10.2. The van der Waals surface area contributed by atoms with Crippen molar-refractivity contribution >= 4 is 17.3 Å². The number of nitrogens with zero attached hydrogens (tertiary/aromatic N) is 2. The van der Waals surface area contributed by atoms with Crippen molar-refractivity contribution in [2.75, 3.05) is 31.5 Å². The molecule has 160 valence electrons. The molecule has 0 saturated carbocycles. The third-order valence-electron chi connectivity index (χ3n) is 4.87. The molecule has 2 heterocycles. The summed E-state index contributed by atoms with van der Waals surface area (Å²) in [5.41, 5.74) is 10.9. The van der Waals surface area contributed by atoms with Crippen LogP contribution in [0.25, 0.3) is 11.6 Å². The molecule has 1 aromatic carbocycles. The molecule has 1 saturated heterocycles. The summed E-state index contributed by atoms with van der Waals surface area (Å²) in [6.45, 7) is 3.68. The SMILES string of the molecule is CCCN/C=C(\CN)c1ccncc1/C=C/Nc1ccc(CN2CC(F)(F)C2)cc1. The van der Waals surface area contributed by atoms with Gasteiger partial charge in [0, 0.05) is 55.7 Å². The Bertz CT molecular complexity index is 869. The Labute approximate surface area is 176 Å². The van der Waals surface area contributed by atoms with Gasteiger partial charge in [0.2, 0.25) is 0 Å². The Balaban J connectivity index is 1.59. The van der Waals surface area contributed by atoms with E-state index >= 15 is 0 Å². The van der Waals surface area contributed by atoms with Gasteiger partial charge < -0.3 is 16.4 Å². The number of pyridine rings is 1. The topological polar surface area (TPSA) is 66.2 Å². The normalized spacial score (nSPS) is 16.5. The minimum Gasteiger partial charge on any atom is -0.391 e. The van der Waals surface area contributed by atoms with E-state index in [0.29, 0.717) is 13.1 Å². The number of aromatic nitrogens is 1. The number of alkyl halides is 2. The summed E-state index contributed by atoms with van der Waals surface area (Å²) >= 11 is 0. The van der Waals surface area contributed by atoms with E-state index in [9.17, 15) is 8.78 Å². The van der Waals surface area contributed by atoms with Gasteiger partial charge in [0.15, 0.2) is 0 Å². The molecule has 3 rings (SSSR count). The van der Waals surface area contributed by atoms with Crippen molar-refractivity contribution in [3.05, 3.63) is 71.8 Å². The zero-order valence-corrected chi connectivity index (χ0v) is 17.2. The molecule has 2 aromatic rings. The van der Waals surface area contributed by atoms with Gasteiger partial charge in [0.05, 0.1) is 13.1 Å². The van der Waals surface area contributed by atoms with Crippen LogP contribution < -0.4 is 16.4 Å². The van der Waals surface area contributed by atoms with Gasteiger partial charge in [-0.3, -0.25) is 9.88 Å². The molecule has 4 N–H and O–H groups in total. The highest BCUT2D eigenvalue weighted by molar-refractivity contribution is 5.75. The zero-order chi connectivity index (χ0) is 21.4. The van der Waals surface area contributed by atoms with Crippen molar-refractivity contribution < 1.29 is 8.78 Å². The van der Waals surface area contributed by atoms with E-state index in [4.69, 9.17) is 5.73 Å². The summed E-state index contributed by atoms with van der Waals surface area (Å²) in [6.07, 6.45) is 10.4. The highest BCUT2D eigenvalue weighted by Crippen LogP contribution is 2.28. The monoisotopic (exact) mass is 413 g/mol. The fourth-order valence-corrected chi connectivity index (χ4v) is 3.33. The van der Waals surface area contributed by atoms with Crippen molar-refractivity contribution in [2.45, 2.75) is 25.8 Å². The first-order valence-corrected chi connectivity index (χ1v) is 10.2. The molecule has 1 aromatic heterocycles. The maximum absolute atomic E-state index is 12.9. The van der Waals surface area contributed by atoms with Gasteiger partial charge in [-0.1, -0.05) is 19.1 Å². The van der Waals surface area contributed by atoms with E-state index in [1.54, 1.807) is 11.1 Å². The van der Waals surface area contributed by atoms with Gasteiger partial charge in [-0.2, -0.15) is 0 Å². The van der Waals surface area contributed by atoms with Crippen LogP contribution >= 0.6 is 0 Å². The first-order chi connectivity index (χ1) is 14.5. The van der Waals surface area contributed by atoms with Crippen LogP contribution in [0.2, 0.25) is 0 Å². The molecule has 0 amide bonds. The van der Waals surface area contributed by atoms with Crippen LogP contribution in [0.3, 0.4) is 0 Å². The van der Waals surface area contributed by atoms with Crippen molar-refractivity contribution in [3.8, 4) is 0 Å². The van der Waals surface area contributed by atoms with Gasteiger partial charge in [-0.05, 0) is 47.4 Å². The number of hydrogen-bond donors (Lipinski definition) is 3. The Kier molecular flexibility index (Phi) is 7.54. The number of rotatable bonds is 10. The van der Waals surface area contributed by atoms with Crippen LogP contribution in [0.15, 0.2) is 55.1 Å². The van der Waals surface area contributed by atoms with Crippen molar-refractivity contribution in [2.24, 2.45) is 5.73 Å². The second-order valence-electron chi connectivity index (χ2n) is 7.47. The highest BCUT2D eigenvalue weighted by atomic mass is 19.3. The maximum atomic E-state index is 12.9. The number of nitrogens with one attached hydrogen (secondary N) is 2. The van der Waals surface area contributed by atoms with Crippen molar-refractivity contribution in [3.63, 3.8) is 0 Å². The predicted molar refractivity (Wildman–Crippen MR) is 119 cm³/mol. The summed E-state index contributed by atoms with van der Waals surface area (Å²) < 4.78 is 25.9. The highest BCUT2D eigenvalue weighted by Gasteiger charge is 2.43. The molecule has 0 radical (unpaired) electrons. The second kappa shape index (κ2) is 10.3. The average Bonchev–Trinajstić information content (AvgIpc) is 2.72. The standard InChI is InChI=1S/C23H29F2N5/c1-2-9-27-14-20(12-26)22-8-10-28-13-19(22)7-11-29-21-5-3-18(4-6-21)15-30-16-23(24,25)17-30/h3-8,10-11,13-14,27,29H,2,9,12,15-17,26H2,1H3/b11-7+,20-14+. The molecule has 0 spiro atoms. The molecule has 0 atom stereocenters. The van der Waals surface area contributed by atoms with Crippen LogP contribution in [0.1, 0.15) is 30.0 Å². The summed E-state index contributed by atoms with van der Waals surface area (Å²) in [7, 11) is 0. The first kappa shape index (κ1) is 21.9. The van der Waals surface area contributed by atoms with Crippen LogP contribution in [0.4, 0.5) is 14.5 Å². The van der Waals surface area contributed by atoms with Crippen molar-refractivity contribution in [1.82, 2.24) is 15.2 Å². The van der Waals surface area contributed by atoms with E-state index in [-0.39, 0.29) is 13.1 Å². The third kappa shape index (κ3) is 6.11.